The van der Waals surface area contributed by atoms with Crippen LogP contribution in [-0.4, -0.2) is 16.9 Å². The molecule has 0 radical (unpaired) electrons. The van der Waals surface area contributed by atoms with E-state index in [1.54, 1.807) is 18.0 Å². The standard InChI is InChI=1S/C11H12ClN3O/c1-16-9-4-2-8(3-5-9)7-15-11(13)10(12)6-14-15/h2-6H,7,13H2,1H3. The number of benzene rings is 1. The topological polar surface area (TPSA) is 53.1 Å². The number of methoxy groups -OCH3 is 1. The van der Waals surface area contributed by atoms with Crippen LogP contribution in [0, 0.1) is 0 Å². The minimum Gasteiger partial charge on any atom is -0.497 e. The van der Waals surface area contributed by atoms with Crippen molar-refractivity contribution in [3.05, 3.63) is 41.0 Å². The summed E-state index contributed by atoms with van der Waals surface area (Å²) in [6, 6.07) is 7.73. The Hall–Kier alpha value is -1.68. The molecule has 16 heavy (non-hydrogen) atoms. The Morgan fingerprint density at radius 2 is 2.06 bits per heavy atom. The van der Waals surface area contributed by atoms with Crippen molar-refractivity contribution >= 4 is 17.4 Å². The fourth-order valence-electron chi connectivity index (χ4n) is 1.40. The van der Waals surface area contributed by atoms with Crippen molar-refractivity contribution in [2.75, 3.05) is 12.8 Å². The first kappa shape index (κ1) is 10.8. The Kier molecular flexibility index (Phi) is 3.01. The number of aromatic nitrogens is 2. The molecule has 1 aromatic carbocycles. The van der Waals surface area contributed by atoms with E-state index in [0.717, 1.165) is 11.3 Å². The van der Waals surface area contributed by atoms with Crippen molar-refractivity contribution in [1.82, 2.24) is 9.78 Å². The molecule has 1 heterocycles. The van der Waals surface area contributed by atoms with Crippen LogP contribution in [0.5, 0.6) is 5.75 Å². The number of nitrogens with zero attached hydrogens (tertiary/aromatic N) is 2. The minimum atomic E-state index is 0.480. The molecule has 2 rings (SSSR count). The largest absolute Gasteiger partial charge is 0.497 e. The molecule has 0 bridgehead atoms. The van der Waals surface area contributed by atoms with Gasteiger partial charge in [0.15, 0.2) is 0 Å². The average Bonchev–Trinajstić information content (AvgIpc) is 2.62. The highest BCUT2D eigenvalue weighted by atomic mass is 35.5. The number of halogens is 1. The zero-order valence-electron chi connectivity index (χ0n) is 8.85. The molecule has 0 spiro atoms. The predicted molar refractivity (Wildman–Crippen MR) is 63.7 cm³/mol. The van der Waals surface area contributed by atoms with Gasteiger partial charge in [0.1, 0.15) is 16.6 Å². The molecule has 2 N–H and O–H groups in total. The number of anilines is 1. The van der Waals surface area contributed by atoms with E-state index in [4.69, 9.17) is 22.1 Å². The molecule has 5 heteroatoms. The first-order valence-electron chi connectivity index (χ1n) is 4.80. The predicted octanol–water partition coefficient (Wildman–Crippen LogP) is 2.18. The van der Waals surface area contributed by atoms with Crippen LogP contribution < -0.4 is 10.5 Å². The highest BCUT2D eigenvalue weighted by Gasteiger charge is 2.05. The first-order chi connectivity index (χ1) is 7.70. The molecule has 0 saturated heterocycles. The summed E-state index contributed by atoms with van der Waals surface area (Å²) in [7, 11) is 1.64. The molecule has 0 aliphatic rings. The summed E-state index contributed by atoms with van der Waals surface area (Å²) in [5.41, 5.74) is 6.84. The van der Waals surface area contributed by atoms with Crippen molar-refractivity contribution in [1.29, 1.82) is 0 Å². The van der Waals surface area contributed by atoms with Gasteiger partial charge in [-0.3, -0.25) is 0 Å². The SMILES string of the molecule is COc1ccc(Cn2ncc(Cl)c2N)cc1. The van der Waals surface area contributed by atoms with Gasteiger partial charge in [-0.25, -0.2) is 4.68 Å². The third-order valence-corrected chi connectivity index (χ3v) is 2.62. The molecule has 84 valence electrons. The summed E-state index contributed by atoms with van der Waals surface area (Å²) in [6.07, 6.45) is 1.54. The van der Waals surface area contributed by atoms with E-state index in [2.05, 4.69) is 5.10 Å². The van der Waals surface area contributed by atoms with Gasteiger partial charge in [-0.05, 0) is 17.7 Å². The molecule has 2 aromatic rings. The van der Waals surface area contributed by atoms with Crippen LogP contribution in [0.3, 0.4) is 0 Å². The van der Waals surface area contributed by atoms with Gasteiger partial charge in [0.2, 0.25) is 0 Å². The Labute approximate surface area is 98.6 Å². The Morgan fingerprint density at radius 3 is 2.56 bits per heavy atom. The van der Waals surface area contributed by atoms with Crippen molar-refractivity contribution < 1.29 is 4.74 Å². The Morgan fingerprint density at radius 1 is 1.38 bits per heavy atom. The second-order valence-corrected chi connectivity index (χ2v) is 3.79. The normalized spacial score (nSPS) is 10.4. The van der Waals surface area contributed by atoms with Crippen molar-refractivity contribution in [2.24, 2.45) is 0 Å². The number of ether oxygens (including phenoxy) is 1. The summed E-state index contributed by atoms with van der Waals surface area (Å²) in [4.78, 5) is 0. The van der Waals surface area contributed by atoms with Gasteiger partial charge in [-0.2, -0.15) is 5.10 Å². The lowest BCUT2D eigenvalue weighted by Crippen LogP contribution is -2.05. The molecular formula is C11H12ClN3O. The van der Waals surface area contributed by atoms with Gasteiger partial charge in [0.05, 0.1) is 19.9 Å². The number of nitrogen functional groups attached to an aromatic ring is 1. The maximum Gasteiger partial charge on any atom is 0.140 e. The fraction of sp³-hybridized carbons (Fsp3) is 0.182. The molecule has 0 atom stereocenters. The lowest BCUT2D eigenvalue weighted by molar-refractivity contribution is 0.414. The lowest BCUT2D eigenvalue weighted by Gasteiger charge is -2.05. The average molecular weight is 238 g/mol. The van der Waals surface area contributed by atoms with Gasteiger partial charge in [-0.1, -0.05) is 23.7 Å². The smallest absolute Gasteiger partial charge is 0.140 e. The van der Waals surface area contributed by atoms with E-state index in [1.165, 1.54) is 0 Å². The van der Waals surface area contributed by atoms with Crippen molar-refractivity contribution in [3.8, 4) is 5.75 Å². The second kappa shape index (κ2) is 4.45. The maximum absolute atomic E-state index is 5.81. The van der Waals surface area contributed by atoms with E-state index in [1.807, 2.05) is 24.3 Å². The number of rotatable bonds is 3. The summed E-state index contributed by atoms with van der Waals surface area (Å²) in [5.74, 6) is 1.31. The molecule has 0 aliphatic carbocycles. The minimum absolute atomic E-state index is 0.480. The summed E-state index contributed by atoms with van der Waals surface area (Å²) in [6.45, 7) is 0.600. The van der Waals surface area contributed by atoms with E-state index < -0.39 is 0 Å². The molecule has 0 aliphatic heterocycles. The molecule has 0 fully saturated rings. The molecule has 0 saturated carbocycles. The van der Waals surface area contributed by atoms with E-state index in [-0.39, 0.29) is 0 Å². The van der Waals surface area contributed by atoms with Crippen LogP contribution in [-0.2, 0) is 6.54 Å². The molecule has 1 aromatic heterocycles. The number of nitrogens with two attached hydrogens (primary N) is 1. The van der Waals surface area contributed by atoms with E-state index in [0.29, 0.717) is 17.4 Å². The monoisotopic (exact) mass is 237 g/mol. The van der Waals surface area contributed by atoms with Crippen LogP contribution in [0.25, 0.3) is 0 Å². The van der Waals surface area contributed by atoms with Crippen LogP contribution >= 0.6 is 11.6 Å². The fourth-order valence-corrected chi connectivity index (χ4v) is 1.54. The summed E-state index contributed by atoms with van der Waals surface area (Å²) >= 11 is 5.81. The van der Waals surface area contributed by atoms with E-state index in [9.17, 15) is 0 Å². The van der Waals surface area contributed by atoms with Crippen molar-refractivity contribution in [2.45, 2.75) is 6.54 Å². The van der Waals surface area contributed by atoms with Crippen LogP contribution in [0.1, 0.15) is 5.56 Å². The van der Waals surface area contributed by atoms with Gasteiger partial charge in [0, 0.05) is 0 Å². The quantitative estimate of drug-likeness (QED) is 0.890. The zero-order valence-corrected chi connectivity index (χ0v) is 9.61. The van der Waals surface area contributed by atoms with Gasteiger partial charge >= 0.3 is 0 Å². The first-order valence-corrected chi connectivity index (χ1v) is 5.18. The second-order valence-electron chi connectivity index (χ2n) is 3.38. The third kappa shape index (κ3) is 2.12. The van der Waals surface area contributed by atoms with Gasteiger partial charge in [0.25, 0.3) is 0 Å². The lowest BCUT2D eigenvalue weighted by atomic mass is 10.2. The number of hydrogen-bond acceptors (Lipinski definition) is 3. The van der Waals surface area contributed by atoms with Crippen LogP contribution in [0.15, 0.2) is 30.5 Å². The summed E-state index contributed by atoms with van der Waals surface area (Å²) < 4.78 is 6.74. The Bertz CT molecular complexity index is 478. The van der Waals surface area contributed by atoms with Gasteiger partial charge < -0.3 is 10.5 Å². The number of hydrogen-bond donors (Lipinski definition) is 1. The van der Waals surface area contributed by atoms with Crippen LogP contribution in [0.2, 0.25) is 5.02 Å². The third-order valence-electron chi connectivity index (χ3n) is 2.32. The molecule has 0 amide bonds. The Balaban J connectivity index is 2.17. The highest BCUT2D eigenvalue weighted by Crippen LogP contribution is 2.19. The maximum atomic E-state index is 5.81. The van der Waals surface area contributed by atoms with E-state index >= 15 is 0 Å². The molecule has 4 nitrogen and oxygen atoms in total. The van der Waals surface area contributed by atoms with Gasteiger partial charge in [-0.15, -0.1) is 0 Å². The molecule has 0 unspecified atom stereocenters. The summed E-state index contributed by atoms with van der Waals surface area (Å²) in [5, 5.41) is 4.56. The van der Waals surface area contributed by atoms with Crippen molar-refractivity contribution in [3.63, 3.8) is 0 Å². The molecular weight excluding hydrogens is 226 g/mol. The zero-order chi connectivity index (χ0) is 11.5. The highest BCUT2D eigenvalue weighted by molar-refractivity contribution is 6.32. The van der Waals surface area contributed by atoms with Crippen LogP contribution in [0.4, 0.5) is 5.82 Å².